The minimum Gasteiger partial charge on any atom is -0.481 e. The van der Waals surface area contributed by atoms with Crippen LogP contribution < -0.4 is 0 Å². The lowest BCUT2D eigenvalue weighted by molar-refractivity contribution is -0.146. The van der Waals surface area contributed by atoms with Crippen LogP contribution in [0.2, 0.25) is 0 Å². The normalized spacial score (nSPS) is 24.2. The lowest BCUT2D eigenvalue weighted by Gasteiger charge is -2.36. The van der Waals surface area contributed by atoms with Crippen molar-refractivity contribution in [3.8, 4) is 0 Å². The molecule has 1 heterocycles. The molecule has 19 heavy (non-hydrogen) atoms. The van der Waals surface area contributed by atoms with Crippen molar-refractivity contribution in [2.24, 2.45) is 5.92 Å². The molecule has 0 aromatic heterocycles. The van der Waals surface area contributed by atoms with Gasteiger partial charge in [0.1, 0.15) is 5.75 Å². The second kappa shape index (κ2) is 6.36. The van der Waals surface area contributed by atoms with Gasteiger partial charge in [-0.1, -0.05) is 6.92 Å². The SMILES string of the molecule is CCCS(=O)(=O)CC(=O)N1CC(C(=O)O)CCC1C. The Kier molecular flexibility index (Phi) is 5.34. The van der Waals surface area contributed by atoms with Crippen molar-refractivity contribution in [1.29, 1.82) is 0 Å². The van der Waals surface area contributed by atoms with E-state index in [0.29, 0.717) is 19.3 Å². The first kappa shape index (κ1) is 15.9. The van der Waals surface area contributed by atoms with Crippen LogP contribution in [0.25, 0.3) is 0 Å². The number of carbonyl (C=O) groups excluding carboxylic acids is 1. The van der Waals surface area contributed by atoms with E-state index in [9.17, 15) is 18.0 Å². The van der Waals surface area contributed by atoms with Gasteiger partial charge in [0.05, 0.1) is 11.7 Å². The first-order chi connectivity index (χ1) is 8.76. The summed E-state index contributed by atoms with van der Waals surface area (Å²) < 4.78 is 23.3. The van der Waals surface area contributed by atoms with Gasteiger partial charge in [-0.15, -0.1) is 0 Å². The molecule has 1 saturated heterocycles. The number of aliphatic carboxylic acids is 1. The molecular weight excluding hydrogens is 270 g/mol. The Bertz CT molecular complexity index is 445. The van der Waals surface area contributed by atoms with E-state index in [-0.39, 0.29) is 18.3 Å². The van der Waals surface area contributed by atoms with Crippen LogP contribution in [0.4, 0.5) is 0 Å². The molecule has 0 aromatic carbocycles. The zero-order valence-electron chi connectivity index (χ0n) is 11.3. The molecule has 0 saturated carbocycles. The van der Waals surface area contributed by atoms with E-state index in [0.717, 1.165) is 0 Å². The molecule has 1 fully saturated rings. The van der Waals surface area contributed by atoms with Gasteiger partial charge in [-0.05, 0) is 26.2 Å². The van der Waals surface area contributed by atoms with Crippen molar-refractivity contribution in [2.45, 2.75) is 39.2 Å². The predicted octanol–water partition coefficient (Wildman–Crippen LogP) is 0.523. The van der Waals surface area contributed by atoms with Crippen molar-refractivity contribution in [3.63, 3.8) is 0 Å². The Morgan fingerprint density at radius 3 is 2.47 bits per heavy atom. The zero-order valence-corrected chi connectivity index (χ0v) is 12.1. The third kappa shape index (κ3) is 4.49. The number of hydrogen-bond donors (Lipinski definition) is 1. The van der Waals surface area contributed by atoms with Gasteiger partial charge >= 0.3 is 5.97 Å². The summed E-state index contributed by atoms with van der Waals surface area (Å²) in [5, 5.41) is 8.98. The van der Waals surface area contributed by atoms with Gasteiger partial charge < -0.3 is 10.0 Å². The van der Waals surface area contributed by atoms with Crippen LogP contribution >= 0.6 is 0 Å². The minimum absolute atomic E-state index is 0.0106. The maximum Gasteiger partial charge on any atom is 0.308 e. The highest BCUT2D eigenvalue weighted by atomic mass is 32.2. The van der Waals surface area contributed by atoms with Gasteiger partial charge in [0.25, 0.3) is 0 Å². The van der Waals surface area contributed by atoms with Gasteiger partial charge in [-0.2, -0.15) is 0 Å². The number of carboxylic acid groups (broad SMARTS) is 1. The zero-order chi connectivity index (χ0) is 14.6. The van der Waals surface area contributed by atoms with Crippen LogP contribution in [-0.2, 0) is 19.4 Å². The molecule has 7 heteroatoms. The van der Waals surface area contributed by atoms with Crippen LogP contribution in [0, 0.1) is 5.92 Å². The third-order valence-corrected chi connectivity index (χ3v) is 5.13. The Morgan fingerprint density at radius 1 is 1.32 bits per heavy atom. The molecule has 0 radical (unpaired) electrons. The second-order valence-electron chi connectivity index (χ2n) is 5.10. The fourth-order valence-corrected chi connectivity index (χ4v) is 3.62. The van der Waals surface area contributed by atoms with Gasteiger partial charge in [0.15, 0.2) is 9.84 Å². The van der Waals surface area contributed by atoms with E-state index < -0.39 is 33.4 Å². The van der Waals surface area contributed by atoms with Gasteiger partial charge in [0, 0.05) is 12.6 Å². The first-order valence-electron chi connectivity index (χ1n) is 6.49. The van der Waals surface area contributed by atoms with Crippen molar-refractivity contribution in [2.75, 3.05) is 18.1 Å². The summed E-state index contributed by atoms with van der Waals surface area (Å²) in [6, 6.07) is -0.0973. The highest BCUT2D eigenvalue weighted by Crippen LogP contribution is 2.22. The number of likely N-dealkylation sites (tertiary alicyclic amines) is 1. The van der Waals surface area contributed by atoms with E-state index in [1.165, 1.54) is 4.90 Å². The number of amides is 1. The molecule has 1 amide bonds. The third-order valence-electron chi connectivity index (χ3n) is 3.41. The summed E-state index contributed by atoms with van der Waals surface area (Å²) in [4.78, 5) is 24.4. The van der Waals surface area contributed by atoms with Crippen molar-refractivity contribution >= 4 is 21.7 Å². The standard InChI is InChI=1S/C12H21NO5S/c1-3-6-19(17,18)8-11(14)13-7-10(12(15)16)5-4-9(13)2/h9-10H,3-8H2,1-2H3,(H,15,16). The van der Waals surface area contributed by atoms with Crippen LogP contribution in [0.3, 0.4) is 0 Å². The lowest BCUT2D eigenvalue weighted by atomic mass is 9.93. The molecule has 0 aromatic rings. The summed E-state index contributed by atoms with van der Waals surface area (Å²) in [5.74, 6) is -2.53. The Morgan fingerprint density at radius 2 is 1.95 bits per heavy atom. The number of piperidine rings is 1. The maximum atomic E-state index is 12.0. The van der Waals surface area contributed by atoms with E-state index >= 15 is 0 Å². The Labute approximate surface area is 113 Å². The average Bonchev–Trinajstić information content (AvgIpc) is 2.28. The van der Waals surface area contributed by atoms with E-state index in [4.69, 9.17) is 5.11 Å². The monoisotopic (exact) mass is 291 g/mol. The van der Waals surface area contributed by atoms with Gasteiger partial charge in [-0.25, -0.2) is 8.42 Å². The number of nitrogens with zero attached hydrogens (tertiary/aromatic N) is 1. The smallest absolute Gasteiger partial charge is 0.308 e. The Balaban J connectivity index is 2.71. The van der Waals surface area contributed by atoms with E-state index in [2.05, 4.69) is 0 Å². The maximum absolute atomic E-state index is 12.0. The first-order valence-corrected chi connectivity index (χ1v) is 8.31. The summed E-state index contributed by atoms with van der Waals surface area (Å²) in [5.41, 5.74) is 0. The quantitative estimate of drug-likeness (QED) is 0.797. The fraction of sp³-hybridized carbons (Fsp3) is 0.833. The summed E-state index contributed by atoms with van der Waals surface area (Å²) in [7, 11) is -3.38. The number of rotatable bonds is 5. The summed E-state index contributed by atoms with van der Waals surface area (Å²) in [6.07, 6.45) is 1.60. The van der Waals surface area contributed by atoms with Crippen LogP contribution in [0.1, 0.15) is 33.1 Å². The fourth-order valence-electron chi connectivity index (χ4n) is 2.31. The van der Waals surface area contributed by atoms with Crippen LogP contribution in [0.15, 0.2) is 0 Å². The average molecular weight is 291 g/mol. The van der Waals surface area contributed by atoms with Crippen LogP contribution in [0.5, 0.6) is 0 Å². The van der Waals surface area contributed by atoms with E-state index in [1.807, 2.05) is 6.92 Å². The molecule has 1 aliphatic heterocycles. The molecule has 6 nitrogen and oxygen atoms in total. The van der Waals surface area contributed by atoms with Crippen molar-refractivity contribution < 1.29 is 23.1 Å². The molecule has 1 rings (SSSR count). The van der Waals surface area contributed by atoms with Gasteiger partial charge in [0.2, 0.25) is 5.91 Å². The molecule has 0 aliphatic carbocycles. The van der Waals surface area contributed by atoms with Crippen molar-refractivity contribution in [3.05, 3.63) is 0 Å². The van der Waals surface area contributed by atoms with Crippen molar-refractivity contribution in [1.82, 2.24) is 4.90 Å². The topological polar surface area (TPSA) is 91.8 Å². The largest absolute Gasteiger partial charge is 0.481 e. The molecule has 110 valence electrons. The highest BCUT2D eigenvalue weighted by molar-refractivity contribution is 7.92. The highest BCUT2D eigenvalue weighted by Gasteiger charge is 2.33. The van der Waals surface area contributed by atoms with E-state index in [1.54, 1.807) is 6.92 Å². The molecule has 2 atom stereocenters. The van der Waals surface area contributed by atoms with Crippen LogP contribution in [-0.4, -0.2) is 54.4 Å². The number of hydrogen-bond acceptors (Lipinski definition) is 4. The molecule has 0 bridgehead atoms. The number of carbonyl (C=O) groups is 2. The summed E-state index contributed by atoms with van der Waals surface area (Å²) >= 11 is 0. The lowest BCUT2D eigenvalue weighted by Crippen LogP contribution is -2.49. The molecular formula is C12H21NO5S. The second-order valence-corrected chi connectivity index (χ2v) is 7.28. The van der Waals surface area contributed by atoms with Gasteiger partial charge in [-0.3, -0.25) is 9.59 Å². The Hall–Kier alpha value is -1.11. The molecule has 1 N–H and O–H groups in total. The molecule has 2 unspecified atom stereocenters. The number of carboxylic acids is 1. The predicted molar refractivity (Wildman–Crippen MR) is 70.5 cm³/mol. The minimum atomic E-state index is -3.38. The molecule has 0 spiro atoms. The molecule has 1 aliphatic rings. The summed E-state index contributed by atoms with van der Waals surface area (Å²) in [6.45, 7) is 3.67. The number of sulfone groups is 1.